The van der Waals surface area contributed by atoms with Gasteiger partial charge in [0.15, 0.2) is 23.1 Å². The molecular formula is C30H36F2O2. The fourth-order valence-electron chi connectivity index (χ4n) is 3.37. The van der Waals surface area contributed by atoms with Crippen LogP contribution in [0.4, 0.5) is 8.78 Å². The molecule has 0 unspecified atom stereocenters. The highest BCUT2D eigenvalue weighted by atomic mass is 19.1. The largest absolute Gasteiger partial charge is 0.491 e. The van der Waals surface area contributed by atoms with Crippen molar-refractivity contribution in [2.45, 2.75) is 78.1 Å². The summed E-state index contributed by atoms with van der Waals surface area (Å²) >= 11 is 0. The Balaban J connectivity index is 1.82. The smallest absolute Gasteiger partial charge is 0.166 e. The van der Waals surface area contributed by atoms with Crippen LogP contribution in [0, 0.1) is 35.3 Å². The summed E-state index contributed by atoms with van der Waals surface area (Å²) < 4.78 is 39.5. The Morgan fingerprint density at radius 1 is 0.588 bits per heavy atom. The van der Waals surface area contributed by atoms with Gasteiger partial charge in [0.1, 0.15) is 0 Å². The van der Waals surface area contributed by atoms with E-state index in [-0.39, 0.29) is 11.5 Å². The Morgan fingerprint density at radius 3 is 1.38 bits per heavy atom. The van der Waals surface area contributed by atoms with E-state index in [0.29, 0.717) is 24.3 Å². The molecule has 0 aliphatic carbocycles. The van der Waals surface area contributed by atoms with Crippen LogP contribution in [-0.2, 0) is 0 Å². The Hall–Kier alpha value is -2.98. The van der Waals surface area contributed by atoms with E-state index in [1.165, 1.54) is 50.7 Å². The van der Waals surface area contributed by atoms with E-state index >= 15 is 0 Å². The van der Waals surface area contributed by atoms with Crippen molar-refractivity contribution in [3.05, 3.63) is 59.2 Å². The molecular weight excluding hydrogens is 430 g/mol. The third-order valence-corrected chi connectivity index (χ3v) is 5.35. The molecule has 182 valence electrons. The second kappa shape index (κ2) is 16.6. The first kappa shape index (κ1) is 27.3. The summed E-state index contributed by atoms with van der Waals surface area (Å²) in [5.41, 5.74) is 1.02. The maximum Gasteiger partial charge on any atom is 0.166 e. The van der Waals surface area contributed by atoms with Crippen LogP contribution in [0.15, 0.2) is 36.4 Å². The van der Waals surface area contributed by atoms with Gasteiger partial charge in [-0.05, 0) is 61.1 Å². The van der Waals surface area contributed by atoms with Gasteiger partial charge >= 0.3 is 0 Å². The molecule has 0 bridgehead atoms. The monoisotopic (exact) mass is 466 g/mol. The van der Waals surface area contributed by atoms with Crippen LogP contribution in [0.1, 0.15) is 89.2 Å². The van der Waals surface area contributed by atoms with Gasteiger partial charge in [-0.2, -0.15) is 0 Å². The number of ether oxygens (including phenoxy) is 2. The van der Waals surface area contributed by atoms with E-state index < -0.39 is 11.6 Å². The lowest BCUT2D eigenvalue weighted by molar-refractivity contribution is 0.290. The molecule has 2 nitrogen and oxygen atoms in total. The van der Waals surface area contributed by atoms with Crippen molar-refractivity contribution < 1.29 is 18.3 Å². The van der Waals surface area contributed by atoms with Gasteiger partial charge in [0.25, 0.3) is 0 Å². The van der Waals surface area contributed by atoms with Gasteiger partial charge in [-0.3, -0.25) is 0 Å². The Morgan fingerprint density at radius 2 is 1.00 bits per heavy atom. The maximum absolute atomic E-state index is 14.2. The zero-order valence-corrected chi connectivity index (χ0v) is 20.5. The number of unbranched alkanes of at least 4 members (excludes halogenated alkanes) is 8. The molecule has 0 N–H and O–H groups in total. The fraction of sp³-hybridized carbons (Fsp3) is 0.467. The van der Waals surface area contributed by atoms with Gasteiger partial charge in [-0.15, -0.1) is 0 Å². The minimum absolute atomic E-state index is 0.242. The van der Waals surface area contributed by atoms with Crippen molar-refractivity contribution in [2.75, 3.05) is 13.2 Å². The van der Waals surface area contributed by atoms with Gasteiger partial charge in [0.05, 0.1) is 13.2 Å². The fourth-order valence-corrected chi connectivity index (χ4v) is 3.37. The number of rotatable bonds is 14. The topological polar surface area (TPSA) is 18.5 Å². The van der Waals surface area contributed by atoms with Crippen molar-refractivity contribution in [1.82, 2.24) is 0 Å². The van der Waals surface area contributed by atoms with Crippen LogP contribution < -0.4 is 9.47 Å². The average Bonchev–Trinajstić information content (AvgIpc) is 2.83. The summed E-state index contributed by atoms with van der Waals surface area (Å²) in [4.78, 5) is 0. The summed E-state index contributed by atoms with van der Waals surface area (Å²) in [5, 5.41) is 0. The lowest BCUT2D eigenvalue weighted by Gasteiger charge is -2.07. The molecule has 0 heterocycles. The zero-order valence-electron chi connectivity index (χ0n) is 20.5. The molecule has 2 rings (SSSR count). The van der Waals surface area contributed by atoms with E-state index in [1.807, 2.05) is 0 Å². The Bertz CT molecular complexity index is 911. The minimum atomic E-state index is -0.434. The van der Waals surface area contributed by atoms with Gasteiger partial charge < -0.3 is 9.47 Å². The van der Waals surface area contributed by atoms with E-state index in [2.05, 4.69) is 37.5 Å². The lowest BCUT2D eigenvalue weighted by Crippen LogP contribution is -1.99. The van der Waals surface area contributed by atoms with E-state index in [9.17, 15) is 8.78 Å². The Labute approximate surface area is 204 Å². The second-order valence-corrected chi connectivity index (χ2v) is 8.32. The second-order valence-electron chi connectivity index (χ2n) is 8.32. The van der Waals surface area contributed by atoms with Crippen molar-refractivity contribution in [3.63, 3.8) is 0 Å². The van der Waals surface area contributed by atoms with Crippen molar-refractivity contribution >= 4 is 0 Å². The lowest BCUT2D eigenvalue weighted by atomic mass is 10.1. The molecule has 2 aromatic carbocycles. The molecule has 4 heteroatoms. The van der Waals surface area contributed by atoms with Gasteiger partial charge in [0, 0.05) is 11.1 Å². The number of halogens is 2. The summed E-state index contributed by atoms with van der Waals surface area (Å²) in [6.45, 7) is 5.37. The third-order valence-electron chi connectivity index (χ3n) is 5.35. The molecule has 0 saturated carbocycles. The average molecular weight is 467 g/mol. The van der Waals surface area contributed by atoms with Crippen LogP contribution in [0.3, 0.4) is 0 Å². The predicted molar refractivity (Wildman–Crippen MR) is 135 cm³/mol. The molecule has 0 aromatic heterocycles. The molecule has 2 aromatic rings. The van der Waals surface area contributed by atoms with Crippen LogP contribution in [0.2, 0.25) is 0 Å². The highest BCUT2D eigenvalue weighted by Gasteiger charge is 2.05. The first-order valence-electron chi connectivity index (χ1n) is 12.5. The summed E-state index contributed by atoms with van der Waals surface area (Å²) in [6.07, 6.45) is 11.2. The van der Waals surface area contributed by atoms with Gasteiger partial charge in [0.2, 0.25) is 0 Å². The molecule has 0 aliphatic rings. The van der Waals surface area contributed by atoms with Crippen molar-refractivity contribution in [2.24, 2.45) is 0 Å². The van der Waals surface area contributed by atoms with Crippen molar-refractivity contribution in [3.8, 4) is 35.2 Å². The van der Waals surface area contributed by atoms with Crippen molar-refractivity contribution in [1.29, 1.82) is 0 Å². The molecule has 0 amide bonds. The minimum Gasteiger partial charge on any atom is -0.491 e. The standard InChI is InChI=1S/C30H36F2O2/c1-3-5-7-9-13-21-33-29-19-17-25(23-27(29)31)15-11-12-16-26-18-20-30(28(32)24-26)34-22-14-10-8-6-4-2/h17-20,23-24H,3-10,13-14,21-22H2,1-2H3. The van der Waals surface area contributed by atoms with Crippen LogP contribution in [0.5, 0.6) is 11.5 Å². The normalized spacial score (nSPS) is 10.1. The van der Waals surface area contributed by atoms with E-state index in [0.717, 1.165) is 25.7 Å². The SMILES string of the molecule is CCCCCCCOc1ccc(C#CC#Cc2ccc(OCCCCCCC)c(F)c2)cc1F. The van der Waals surface area contributed by atoms with Gasteiger partial charge in [-0.25, -0.2) is 8.78 Å². The zero-order chi connectivity index (χ0) is 24.4. The number of benzene rings is 2. The third kappa shape index (κ3) is 10.8. The van der Waals surface area contributed by atoms with Crippen LogP contribution >= 0.6 is 0 Å². The molecule has 34 heavy (non-hydrogen) atoms. The first-order chi connectivity index (χ1) is 16.6. The maximum atomic E-state index is 14.2. The highest BCUT2D eigenvalue weighted by Crippen LogP contribution is 2.19. The molecule has 0 spiro atoms. The quantitative estimate of drug-likeness (QED) is 0.207. The summed E-state index contributed by atoms with van der Waals surface area (Å²) in [5.74, 6) is 10.6. The summed E-state index contributed by atoms with van der Waals surface area (Å²) in [7, 11) is 0. The van der Waals surface area contributed by atoms with Crippen LogP contribution in [0.25, 0.3) is 0 Å². The van der Waals surface area contributed by atoms with Gasteiger partial charge in [-0.1, -0.05) is 77.1 Å². The predicted octanol–water partition coefficient (Wildman–Crippen LogP) is 8.07. The highest BCUT2D eigenvalue weighted by molar-refractivity contribution is 5.46. The van der Waals surface area contributed by atoms with Crippen LogP contribution in [-0.4, -0.2) is 13.2 Å². The number of hydrogen-bond donors (Lipinski definition) is 0. The van der Waals surface area contributed by atoms with E-state index in [1.54, 1.807) is 24.3 Å². The van der Waals surface area contributed by atoms with E-state index in [4.69, 9.17) is 9.47 Å². The number of hydrogen-bond acceptors (Lipinski definition) is 2. The molecule has 0 saturated heterocycles. The molecule has 0 radical (unpaired) electrons. The molecule has 0 aliphatic heterocycles. The molecule has 0 atom stereocenters. The molecule has 0 fully saturated rings. The summed E-state index contributed by atoms with van der Waals surface area (Å²) in [6, 6.07) is 9.29. The Kier molecular flexibility index (Phi) is 13.3. The first-order valence-corrected chi connectivity index (χ1v) is 12.5.